The van der Waals surface area contributed by atoms with E-state index >= 15 is 0 Å². The molecule has 0 fully saturated rings. The fourth-order valence-electron chi connectivity index (χ4n) is 3.35. The standard InChI is InChI=1S/C29H29NO8/c1-4-19-35-28(33)24(37-26(31)20-13-7-5-8-14-20)25(38-27(32)21-15-9-6-10-16-21)29(34)36-23-18-12-11-17-22(23)30(2)3/h5-18,24-25H,4,19H2,1-3H3. The molecule has 0 aliphatic heterocycles. The summed E-state index contributed by atoms with van der Waals surface area (Å²) in [5, 5.41) is 0. The molecule has 0 aliphatic rings. The van der Waals surface area contributed by atoms with Crippen molar-refractivity contribution in [2.75, 3.05) is 25.6 Å². The number of hydrogen-bond donors (Lipinski definition) is 0. The Kier molecular flexibility index (Phi) is 9.99. The Labute approximate surface area is 220 Å². The lowest BCUT2D eigenvalue weighted by Gasteiger charge is -2.25. The van der Waals surface area contributed by atoms with E-state index in [1.807, 2.05) is 0 Å². The lowest BCUT2D eigenvalue weighted by atomic mass is 10.1. The van der Waals surface area contributed by atoms with Gasteiger partial charge in [-0.25, -0.2) is 19.2 Å². The Bertz CT molecular complexity index is 1240. The summed E-state index contributed by atoms with van der Waals surface area (Å²) < 4.78 is 21.7. The predicted molar refractivity (Wildman–Crippen MR) is 139 cm³/mol. The fraction of sp³-hybridized carbons (Fsp3) is 0.241. The summed E-state index contributed by atoms with van der Waals surface area (Å²) in [6.07, 6.45) is -3.42. The number of anilines is 1. The van der Waals surface area contributed by atoms with Crippen molar-refractivity contribution in [2.24, 2.45) is 0 Å². The zero-order valence-corrected chi connectivity index (χ0v) is 21.4. The molecule has 38 heavy (non-hydrogen) atoms. The highest BCUT2D eigenvalue weighted by atomic mass is 16.6. The van der Waals surface area contributed by atoms with Gasteiger partial charge in [0.25, 0.3) is 0 Å². The second-order valence-electron chi connectivity index (χ2n) is 8.33. The number of carbonyl (C=O) groups is 4. The molecule has 0 saturated heterocycles. The maximum absolute atomic E-state index is 13.5. The highest BCUT2D eigenvalue weighted by Crippen LogP contribution is 2.27. The summed E-state index contributed by atoms with van der Waals surface area (Å²) in [6.45, 7) is 1.77. The van der Waals surface area contributed by atoms with Crippen molar-refractivity contribution in [3.05, 3.63) is 96.1 Å². The molecule has 0 radical (unpaired) electrons. The van der Waals surface area contributed by atoms with E-state index in [0.717, 1.165) is 0 Å². The Morgan fingerprint density at radius 3 is 1.66 bits per heavy atom. The van der Waals surface area contributed by atoms with E-state index in [1.165, 1.54) is 24.3 Å². The van der Waals surface area contributed by atoms with Gasteiger partial charge in [-0.15, -0.1) is 0 Å². The number of para-hydroxylation sites is 2. The molecule has 0 amide bonds. The first-order chi connectivity index (χ1) is 18.3. The summed E-state index contributed by atoms with van der Waals surface area (Å²) in [5.74, 6) is -3.86. The van der Waals surface area contributed by atoms with E-state index < -0.39 is 36.1 Å². The lowest BCUT2D eigenvalue weighted by molar-refractivity contribution is -0.169. The molecule has 198 valence electrons. The van der Waals surface area contributed by atoms with Crippen molar-refractivity contribution in [3.8, 4) is 5.75 Å². The molecule has 0 saturated carbocycles. The molecule has 3 aromatic carbocycles. The number of ether oxygens (including phenoxy) is 4. The molecule has 0 spiro atoms. The van der Waals surface area contributed by atoms with Crippen LogP contribution in [-0.2, 0) is 23.8 Å². The van der Waals surface area contributed by atoms with E-state index in [9.17, 15) is 19.2 Å². The van der Waals surface area contributed by atoms with Crippen molar-refractivity contribution in [3.63, 3.8) is 0 Å². The van der Waals surface area contributed by atoms with Crippen molar-refractivity contribution >= 4 is 29.6 Å². The molecule has 0 N–H and O–H groups in total. The first kappa shape index (κ1) is 27.9. The van der Waals surface area contributed by atoms with Crippen LogP contribution in [-0.4, -0.2) is 56.8 Å². The van der Waals surface area contributed by atoms with Gasteiger partial charge in [0.2, 0.25) is 12.2 Å². The zero-order valence-electron chi connectivity index (χ0n) is 21.4. The van der Waals surface area contributed by atoms with E-state index in [4.69, 9.17) is 18.9 Å². The third kappa shape index (κ3) is 7.42. The van der Waals surface area contributed by atoms with Crippen molar-refractivity contribution in [1.29, 1.82) is 0 Å². The van der Waals surface area contributed by atoms with E-state index in [0.29, 0.717) is 12.1 Å². The number of benzene rings is 3. The molecular formula is C29H29NO8. The van der Waals surface area contributed by atoms with Crippen LogP contribution in [0.25, 0.3) is 0 Å². The molecule has 9 heteroatoms. The van der Waals surface area contributed by atoms with Crippen LogP contribution in [0.5, 0.6) is 5.75 Å². The first-order valence-corrected chi connectivity index (χ1v) is 12.0. The van der Waals surface area contributed by atoms with Crippen LogP contribution in [0.1, 0.15) is 34.1 Å². The Morgan fingerprint density at radius 1 is 0.684 bits per heavy atom. The highest BCUT2D eigenvalue weighted by molar-refractivity contribution is 5.96. The SMILES string of the molecule is CCCOC(=O)C(OC(=O)c1ccccc1)C(OC(=O)c1ccccc1)C(=O)Oc1ccccc1N(C)C. The molecule has 2 atom stereocenters. The normalized spacial score (nSPS) is 12.0. The molecule has 2 unspecified atom stereocenters. The maximum Gasteiger partial charge on any atom is 0.357 e. The van der Waals surface area contributed by atoms with E-state index in [-0.39, 0.29) is 23.5 Å². The van der Waals surface area contributed by atoms with Gasteiger partial charge in [0.15, 0.2) is 5.75 Å². The zero-order chi connectivity index (χ0) is 27.5. The van der Waals surface area contributed by atoms with Gasteiger partial charge in [0, 0.05) is 14.1 Å². The molecule has 0 aromatic heterocycles. The lowest BCUT2D eigenvalue weighted by Crippen LogP contribution is -2.48. The molecule has 9 nitrogen and oxygen atoms in total. The van der Waals surface area contributed by atoms with Crippen LogP contribution < -0.4 is 9.64 Å². The van der Waals surface area contributed by atoms with Gasteiger partial charge >= 0.3 is 23.9 Å². The summed E-state index contributed by atoms with van der Waals surface area (Å²) in [7, 11) is 3.51. The topological polar surface area (TPSA) is 108 Å². The minimum absolute atomic E-state index is 0.00389. The van der Waals surface area contributed by atoms with Crippen LogP contribution in [0, 0.1) is 0 Å². The number of esters is 4. The van der Waals surface area contributed by atoms with Crippen LogP contribution in [0.2, 0.25) is 0 Å². The van der Waals surface area contributed by atoms with E-state index in [1.54, 1.807) is 86.6 Å². The van der Waals surface area contributed by atoms with Crippen molar-refractivity contribution in [2.45, 2.75) is 25.6 Å². The summed E-state index contributed by atoms with van der Waals surface area (Å²) in [6, 6.07) is 22.4. The van der Waals surface area contributed by atoms with Crippen LogP contribution in [0.4, 0.5) is 5.69 Å². The van der Waals surface area contributed by atoms with Crippen molar-refractivity contribution < 1.29 is 38.1 Å². The molecule has 3 rings (SSSR count). The average Bonchev–Trinajstić information content (AvgIpc) is 2.94. The molecular weight excluding hydrogens is 490 g/mol. The minimum atomic E-state index is -1.96. The van der Waals surface area contributed by atoms with Gasteiger partial charge in [0.1, 0.15) is 0 Å². The smallest absolute Gasteiger partial charge is 0.357 e. The summed E-state index contributed by atoms with van der Waals surface area (Å²) in [5.41, 5.74) is 0.801. The van der Waals surface area contributed by atoms with Crippen LogP contribution >= 0.6 is 0 Å². The monoisotopic (exact) mass is 519 g/mol. The quantitative estimate of drug-likeness (QED) is 0.210. The van der Waals surface area contributed by atoms with E-state index in [2.05, 4.69) is 0 Å². The minimum Gasteiger partial charge on any atom is -0.463 e. The largest absolute Gasteiger partial charge is 0.463 e. The van der Waals surface area contributed by atoms with Gasteiger partial charge in [-0.2, -0.15) is 0 Å². The van der Waals surface area contributed by atoms with Crippen molar-refractivity contribution in [1.82, 2.24) is 0 Å². The van der Waals surface area contributed by atoms with Gasteiger partial charge < -0.3 is 23.8 Å². The summed E-state index contributed by atoms with van der Waals surface area (Å²) >= 11 is 0. The van der Waals surface area contributed by atoms with Gasteiger partial charge in [-0.3, -0.25) is 0 Å². The molecule has 0 heterocycles. The average molecular weight is 520 g/mol. The Balaban J connectivity index is 1.99. The predicted octanol–water partition coefficient (Wildman–Crippen LogP) is 4.06. The second-order valence-corrected chi connectivity index (χ2v) is 8.33. The maximum atomic E-state index is 13.5. The third-order valence-electron chi connectivity index (χ3n) is 5.23. The fourth-order valence-corrected chi connectivity index (χ4v) is 3.35. The van der Waals surface area contributed by atoms with Gasteiger partial charge in [-0.05, 0) is 42.8 Å². The third-order valence-corrected chi connectivity index (χ3v) is 5.23. The van der Waals surface area contributed by atoms with Gasteiger partial charge in [0.05, 0.1) is 23.4 Å². The summed E-state index contributed by atoms with van der Waals surface area (Å²) in [4.78, 5) is 54.1. The number of rotatable bonds is 11. The first-order valence-electron chi connectivity index (χ1n) is 12.0. The van der Waals surface area contributed by atoms with Crippen LogP contribution in [0.3, 0.4) is 0 Å². The highest BCUT2D eigenvalue weighted by Gasteiger charge is 2.43. The molecule has 3 aromatic rings. The van der Waals surface area contributed by atoms with Crippen LogP contribution in [0.15, 0.2) is 84.9 Å². The molecule has 0 aliphatic carbocycles. The number of hydrogen-bond acceptors (Lipinski definition) is 9. The Hall–Kier alpha value is -4.66. The number of carbonyl (C=O) groups excluding carboxylic acids is 4. The van der Waals surface area contributed by atoms with Gasteiger partial charge in [-0.1, -0.05) is 55.5 Å². The molecule has 0 bridgehead atoms. The Morgan fingerprint density at radius 2 is 1.16 bits per heavy atom. The second kappa shape index (κ2) is 13.6. The number of nitrogens with zero attached hydrogens (tertiary/aromatic N) is 1.